The summed E-state index contributed by atoms with van der Waals surface area (Å²) in [6, 6.07) is 3.69. The van der Waals surface area contributed by atoms with Crippen LogP contribution < -0.4 is 5.32 Å². The Hall–Kier alpha value is -2.28. The van der Waals surface area contributed by atoms with Gasteiger partial charge < -0.3 is 5.32 Å². The van der Waals surface area contributed by atoms with Gasteiger partial charge in [-0.2, -0.15) is 5.10 Å². The molecule has 0 bridgehead atoms. The van der Waals surface area contributed by atoms with Crippen LogP contribution in [0.15, 0.2) is 36.9 Å². The summed E-state index contributed by atoms with van der Waals surface area (Å²) in [6.45, 7) is 1.51. The van der Waals surface area contributed by atoms with Gasteiger partial charge in [0.15, 0.2) is 0 Å². The minimum atomic E-state index is -0.845. The van der Waals surface area contributed by atoms with Crippen LogP contribution in [0.5, 0.6) is 0 Å². The van der Waals surface area contributed by atoms with Gasteiger partial charge >= 0.3 is 0 Å². The second-order valence-corrected chi connectivity index (χ2v) is 6.28. The van der Waals surface area contributed by atoms with Crippen LogP contribution in [0.3, 0.4) is 0 Å². The summed E-state index contributed by atoms with van der Waals surface area (Å²) >= 11 is 0. The molecule has 1 N–H and O–H groups in total. The molecule has 0 unspecified atom stereocenters. The first-order chi connectivity index (χ1) is 11.6. The minimum Gasteiger partial charge on any atom is -0.354 e. The molecule has 1 saturated heterocycles. The van der Waals surface area contributed by atoms with Gasteiger partial charge in [-0.3, -0.25) is 19.4 Å². The molecular formula is C17H22FN5O. The van der Waals surface area contributed by atoms with E-state index in [1.54, 1.807) is 23.3 Å². The lowest BCUT2D eigenvalue weighted by Crippen LogP contribution is -2.40. The van der Waals surface area contributed by atoms with Gasteiger partial charge in [0.2, 0.25) is 5.91 Å². The van der Waals surface area contributed by atoms with E-state index >= 15 is 0 Å². The van der Waals surface area contributed by atoms with Crippen LogP contribution >= 0.6 is 0 Å². The predicted molar refractivity (Wildman–Crippen MR) is 87.9 cm³/mol. The van der Waals surface area contributed by atoms with Gasteiger partial charge in [0.1, 0.15) is 6.17 Å². The Morgan fingerprint density at radius 1 is 1.42 bits per heavy atom. The molecule has 2 aromatic heterocycles. The molecule has 6 nitrogen and oxygen atoms in total. The number of hydrogen-bond acceptors (Lipinski definition) is 4. The zero-order valence-corrected chi connectivity index (χ0v) is 13.7. The van der Waals surface area contributed by atoms with Crippen LogP contribution in [0.1, 0.15) is 17.5 Å². The van der Waals surface area contributed by atoms with Crippen LogP contribution in [0.25, 0.3) is 0 Å². The van der Waals surface area contributed by atoms with Crippen molar-refractivity contribution < 1.29 is 9.18 Å². The first-order valence-corrected chi connectivity index (χ1v) is 8.11. The van der Waals surface area contributed by atoms with Crippen molar-refractivity contribution in [2.75, 3.05) is 13.1 Å². The van der Waals surface area contributed by atoms with Crippen LogP contribution in [0, 0.1) is 0 Å². The van der Waals surface area contributed by atoms with Crippen molar-refractivity contribution in [1.29, 1.82) is 0 Å². The average Bonchev–Trinajstić information content (AvgIpc) is 3.12. The Kier molecular flexibility index (Phi) is 5.20. The molecule has 1 aliphatic heterocycles. The molecule has 2 aromatic rings. The summed E-state index contributed by atoms with van der Waals surface area (Å²) in [5, 5.41) is 7.06. The number of likely N-dealkylation sites (tertiary alicyclic amines) is 1. The molecule has 24 heavy (non-hydrogen) atoms. The molecule has 3 rings (SSSR count). The molecule has 3 heterocycles. The Balaban J connectivity index is 1.51. The van der Waals surface area contributed by atoms with Crippen molar-refractivity contribution in [3.63, 3.8) is 0 Å². The van der Waals surface area contributed by atoms with Crippen LogP contribution in [-0.4, -0.2) is 50.9 Å². The lowest BCUT2D eigenvalue weighted by molar-refractivity contribution is -0.120. The number of pyridine rings is 1. The number of nitrogens with zero attached hydrogens (tertiary/aromatic N) is 4. The zero-order chi connectivity index (χ0) is 16.9. The van der Waals surface area contributed by atoms with Gasteiger partial charge in [0, 0.05) is 56.9 Å². The third kappa shape index (κ3) is 4.38. The molecule has 2 atom stereocenters. The summed E-state index contributed by atoms with van der Waals surface area (Å²) < 4.78 is 15.6. The first-order valence-electron chi connectivity index (χ1n) is 8.11. The van der Waals surface area contributed by atoms with Gasteiger partial charge in [0.05, 0.1) is 12.6 Å². The topological polar surface area (TPSA) is 63.0 Å². The Labute approximate surface area is 140 Å². The standard InChI is InChI=1S/C17H22FN5O/c1-22-10-14(8-21-22)11-23-12-15(18)6-16(23)9-20-17(24)5-13-3-2-4-19-7-13/h2-4,7-8,10,15-16H,5-6,9,11-12H2,1H3,(H,20,24)/t15-,16-/m0/s1. The zero-order valence-electron chi connectivity index (χ0n) is 13.7. The summed E-state index contributed by atoms with van der Waals surface area (Å²) in [6.07, 6.45) is 6.99. The molecule has 0 radical (unpaired) electrons. The summed E-state index contributed by atoms with van der Waals surface area (Å²) in [5.41, 5.74) is 1.93. The molecule has 1 aliphatic rings. The molecule has 0 aliphatic carbocycles. The SMILES string of the molecule is Cn1cc(CN2C[C@@H](F)C[C@H]2CNC(=O)Cc2cccnc2)cn1. The van der Waals surface area contributed by atoms with Crippen molar-refractivity contribution >= 4 is 5.91 Å². The van der Waals surface area contributed by atoms with Crippen molar-refractivity contribution in [1.82, 2.24) is 25.0 Å². The second kappa shape index (κ2) is 7.53. The lowest BCUT2D eigenvalue weighted by Gasteiger charge is -2.23. The van der Waals surface area contributed by atoms with E-state index in [-0.39, 0.29) is 11.9 Å². The quantitative estimate of drug-likeness (QED) is 0.861. The Morgan fingerprint density at radius 2 is 2.29 bits per heavy atom. The van der Waals surface area contributed by atoms with E-state index in [9.17, 15) is 9.18 Å². The highest BCUT2D eigenvalue weighted by Gasteiger charge is 2.32. The van der Waals surface area contributed by atoms with Gasteiger partial charge in [-0.05, 0) is 18.1 Å². The molecule has 1 amide bonds. The monoisotopic (exact) mass is 331 g/mol. The molecular weight excluding hydrogens is 309 g/mol. The molecule has 0 saturated carbocycles. The highest BCUT2D eigenvalue weighted by atomic mass is 19.1. The minimum absolute atomic E-state index is 0.0121. The fraction of sp³-hybridized carbons (Fsp3) is 0.471. The van der Waals surface area contributed by atoms with Crippen molar-refractivity contribution in [2.45, 2.75) is 31.6 Å². The highest BCUT2D eigenvalue weighted by molar-refractivity contribution is 5.78. The van der Waals surface area contributed by atoms with E-state index in [0.717, 1.165) is 11.1 Å². The van der Waals surface area contributed by atoms with E-state index < -0.39 is 6.17 Å². The third-order valence-corrected chi connectivity index (χ3v) is 4.24. The summed E-state index contributed by atoms with van der Waals surface area (Å²) in [5.74, 6) is -0.0633. The van der Waals surface area contributed by atoms with Crippen molar-refractivity contribution in [2.24, 2.45) is 7.05 Å². The second-order valence-electron chi connectivity index (χ2n) is 6.28. The third-order valence-electron chi connectivity index (χ3n) is 4.24. The number of aryl methyl sites for hydroxylation is 1. The number of aromatic nitrogens is 3. The number of carbonyl (C=O) groups excluding carboxylic acids is 1. The highest BCUT2D eigenvalue weighted by Crippen LogP contribution is 2.22. The van der Waals surface area contributed by atoms with Gasteiger partial charge in [-0.1, -0.05) is 6.07 Å². The summed E-state index contributed by atoms with van der Waals surface area (Å²) in [7, 11) is 1.86. The molecule has 7 heteroatoms. The van der Waals surface area contributed by atoms with E-state index in [1.807, 2.05) is 25.4 Å². The number of carbonyl (C=O) groups is 1. The number of amides is 1. The molecule has 128 valence electrons. The number of hydrogen-bond donors (Lipinski definition) is 1. The Morgan fingerprint density at radius 3 is 3.00 bits per heavy atom. The fourth-order valence-electron chi connectivity index (χ4n) is 3.10. The maximum absolute atomic E-state index is 13.8. The van der Waals surface area contributed by atoms with Crippen LogP contribution in [0.2, 0.25) is 0 Å². The predicted octanol–water partition coefficient (Wildman–Crippen LogP) is 1.09. The normalized spacial score (nSPS) is 21.1. The lowest BCUT2D eigenvalue weighted by atomic mass is 10.1. The molecule has 0 aromatic carbocycles. The number of nitrogens with one attached hydrogen (secondary N) is 1. The first kappa shape index (κ1) is 16.6. The van der Waals surface area contributed by atoms with Crippen LogP contribution in [-0.2, 0) is 24.8 Å². The van der Waals surface area contributed by atoms with E-state index in [1.165, 1.54) is 0 Å². The van der Waals surface area contributed by atoms with Gasteiger partial charge in [0.25, 0.3) is 0 Å². The molecule has 1 fully saturated rings. The van der Waals surface area contributed by atoms with E-state index in [0.29, 0.717) is 32.5 Å². The average molecular weight is 331 g/mol. The van der Waals surface area contributed by atoms with Crippen molar-refractivity contribution in [3.05, 3.63) is 48.0 Å². The van der Waals surface area contributed by atoms with E-state index in [4.69, 9.17) is 0 Å². The van der Waals surface area contributed by atoms with Crippen LogP contribution in [0.4, 0.5) is 4.39 Å². The number of alkyl halides is 1. The molecule has 0 spiro atoms. The van der Waals surface area contributed by atoms with Crippen molar-refractivity contribution in [3.8, 4) is 0 Å². The maximum Gasteiger partial charge on any atom is 0.224 e. The summed E-state index contributed by atoms with van der Waals surface area (Å²) in [4.78, 5) is 18.1. The smallest absolute Gasteiger partial charge is 0.224 e. The number of rotatable bonds is 6. The van der Waals surface area contributed by atoms with Gasteiger partial charge in [-0.25, -0.2) is 4.39 Å². The van der Waals surface area contributed by atoms with Gasteiger partial charge in [-0.15, -0.1) is 0 Å². The number of halogens is 1. The Bertz CT molecular complexity index is 675. The van der Waals surface area contributed by atoms with E-state index in [2.05, 4.69) is 20.3 Å². The largest absolute Gasteiger partial charge is 0.354 e. The fourth-order valence-corrected chi connectivity index (χ4v) is 3.10. The maximum atomic E-state index is 13.8.